The first-order chi connectivity index (χ1) is 14.1. The average Bonchev–Trinajstić information content (AvgIpc) is 2.75. The maximum Gasteiger partial charge on any atom is 0.332 e. The Morgan fingerprint density at radius 2 is 1.72 bits per heavy atom. The van der Waals surface area contributed by atoms with Crippen molar-refractivity contribution in [1.29, 1.82) is 0 Å². The van der Waals surface area contributed by atoms with Crippen LogP contribution in [-0.2, 0) is 4.79 Å². The summed E-state index contributed by atoms with van der Waals surface area (Å²) in [4.78, 5) is 34.5. The predicted octanol–water partition coefficient (Wildman–Crippen LogP) is 4.01. The average molecular weight is 388 g/mol. The van der Waals surface area contributed by atoms with E-state index in [1.807, 2.05) is 18.2 Å². The largest absolute Gasteiger partial charge is 0.373 e. The molecule has 1 heterocycles. The molecule has 3 aromatic rings. The lowest BCUT2D eigenvalue weighted by Gasteiger charge is -2.23. The molecule has 0 aliphatic rings. The molecule has 0 atom stereocenters. The number of nitrogens with one attached hydrogen (secondary N) is 3. The highest BCUT2D eigenvalue weighted by Gasteiger charge is 2.21. The molecular formula is C21H20N6O2. The Morgan fingerprint density at radius 1 is 0.966 bits per heavy atom. The topological polar surface area (TPSA) is 99.2 Å². The quantitative estimate of drug-likeness (QED) is 0.554. The van der Waals surface area contributed by atoms with E-state index in [1.165, 1.54) is 17.3 Å². The van der Waals surface area contributed by atoms with Crippen molar-refractivity contribution >= 4 is 40.6 Å². The summed E-state index contributed by atoms with van der Waals surface area (Å²) in [6, 6.07) is 17.2. The van der Waals surface area contributed by atoms with Crippen LogP contribution in [0, 0.1) is 0 Å². The number of carbonyl (C=O) groups excluding carboxylic acids is 2. The van der Waals surface area contributed by atoms with Gasteiger partial charge in [0.1, 0.15) is 18.0 Å². The van der Waals surface area contributed by atoms with Crippen LogP contribution < -0.4 is 20.9 Å². The van der Waals surface area contributed by atoms with Gasteiger partial charge in [-0.3, -0.25) is 4.79 Å². The Bertz CT molecular complexity index is 1020. The van der Waals surface area contributed by atoms with Crippen molar-refractivity contribution in [2.24, 2.45) is 0 Å². The summed E-state index contributed by atoms with van der Waals surface area (Å²) in [6.07, 6.45) is 2.55. The van der Waals surface area contributed by atoms with Gasteiger partial charge in [-0.2, -0.15) is 0 Å². The van der Waals surface area contributed by atoms with E-state index in [0.29, 0.717) is 28.7 Å². The van der Waals surface area contributed by atoms with Crippen molar-refractivity contribution < 1.29 is 9.59 Å². The molecule has 0 aliphatic carbocycles. The Balaban J connectivity index is 2.00. The summed E-state index contributed by atoms with van der Waals surface area (Å²) in [5, 5.41) is 8.47. The number of urea groups is 1. The number of nitrogens with zero attached hydrogens (tertiary/aromatic N) is 3. The van der Waals surface area contributed by atoms with E-state index in [4.69, 9.17) is 0 Å². The molecule has 0 fully saturated rings. The van der Waals surface area contributed by atoms with Gasteiger partial charge in [0.15, 0.2) is 0 Å². The first-order valence-corrected chi connectivity index (χ1v) is 8.80. The minimum Gasteiger partial charge on any atom is -0.373 e. The molecule has 0 unspecified atom stereocenters. The van der Waals surface area contributed by atoms with E-state index in [-0.39, 0.29) is 5.91 Å². The summed E-state index contributed by atoms with van der Waals surface area (Å²) in [5.74, 6) is 0.579. The molecule has 3 rings (SSSR count). The molecule has 3 N–H and O–H groups in total. The standard InChI is InChI=1S/C21H20N6O2/c1-3-20(28)25-16-10-7-11-17(12-16)27(19-13-18(22-2)23-14-24-19)21(29)26-15-8-5-4-6-9-15/h3-14H,1H2,2H3,(H,25,28)(H,26,29)(H,22,23,24). The number of amides is 3. The molecule has 1 aromatic heterocycles. The van der Waals surface area contributed by atoms with Gasteiger partial charge in [-0.25, -0.2) is 19.7 Å². The van der Waals surface area contributed by atoms with Crippen LogP contribution in [0.1, 0.15) is 0 Å². The number of anilines is 5. The fourth-order valence-electron chi connectivity index (χ4n) is 2.58. The van der Waals surface area contributed by atoms with E-state index < -0.39 is 6.03 Å². The molecule has 0 saturated carbocycles. The minimum atomic E-state index is -0.413. The highest BCUT2D eigenvalue weighted by Crippen LogP contribution is 2.28. The fraction of sp³-hybridized carbons (Fsp3) is 0.0476. The molecule has 29 heavy (non-hydrogen) atoms. The maximum absolute atomic E-state index is 13.1. The van der Waals surface area contributed by atoms with Crippen molar-refractivity contribution in [3.8, 4) is 0 Å². The second-order valence-electron chi connectivity index (χ2n) is 5.89. The van der Waals surface area contributed by atoms with E-state index >= 15 is 0 Å². The number of carbonyl (C=O) groups is 2. The second-order valence-corrected chi connectivity index (χ2v) is 5.89. The van der Waals surface area contributed by atoms with Crippen molar-refractivity contribution in [2.75, 3.05) is 27.9 Å². The first-order valence-electron chi connectivity index (χ1n) is 8.80. The Kier molecular flexibility index (Phi) is 6.16. The van der Waals surface area contributed by atoms with E-state index in [9.17, 15) is 9.59 Å². The number of benzene rings is 2. The second kappa shape index (κ2) is 9.14. The van der Waals surface area contributed by atoms with Crippen molar-refractivity contribution in [3.63, 3.8) is 0 Å². The van der Waals surface area contributed by atoms with Gasteiger partial charge in [0.05, 0.1) is 5.69 Å². The molecule has 0 radical (unpaired) electrons. The smallest absolute Gasteiger partial charge is 0.332 e. The lowest BCUT2D eigenvalue weighted by Crippen LogP contribution is -2.31. The fourth-order valence-corrected chi connectivity index (χ4v) is 2.58. The zero-order valence-electron chi connectivity index (χ0n) is 15.8. The molecule has 2 aromatic carbocycles. The van der Waals surface area contributed by atoms with Crippen LogP contribution in [0.2, 0.25) is 0 Å². The Morgan fingerprint density at radius 3 is 2.45 bits per heavy atom. The van der Waals surface area contributed by atoms with Crippen LogP contribution in [0.3, 0.4) is 0 Å². The molecular weight excluding hydrogens is 368 g/mol. The highest BCUT2D eigenvalue weighted by molar-refractivity contribution is 6.07. The number of para-hydroxylation sites is 1. The first kappa shape index (κ1) is 19.6. The summed E-state index contributed by atoms with van der Waals surface area (Å²) in [7, 11) is 1.73. The number of rotatable bonds is 6. The lowest BCUT2D eigenvalue weighted by molar-refractivity contribution is -0.111. The van der Waals surface area contributed by atoms with Crippen LogP contribution >= 0.6 is 0 Å². The molecule has 0 spiro atoms. The van der Waals surface area contributed by atoms with Crippen molar-refractivity contribution in [1.82, 2.24) is 9.97 Å². The van der Waals surface area contributed by atoms with Crippen LogP contribution in [0.5, 0.6) is 0 Å². The number of aromatic nitrogens is 2. The van der Waals surface area contributed by atoms with Gasteiger partial charge in [-0.15, -0.1) is 0 Å². The molecule has 8 nitrogen and oxygen atoms in total. The lowest BCUT2D eigenvalue weighted by atomic mass is 10.2. The van der Waals surface area contributed by atoms with E-state index in [0.717, 1.165) is 0 Å². The predicted molar refractivity (Wildman–Crippen MR) is 114 cm³/mol. The van der Waals surface area contributed by atoms with Gasteiger partial charge in [-0.05, 0) is 36.4 Å². The molecule has 146 valence electrons. The molecule has 0 saturated heterocycles. The Hall–Kier alpha value is -4.20. The van der Waals surface area contributed by atoms with Gasteiger partial charge in [0, 0.05) is 24.5 Å². The van der Waals surface area contributed by atoms with Gasteiger partial charge in [0.2, 0.25) is 5.91 Å². The van der Waals surface area contributed by atoms with Crippen molar-refractivity contribution in [3.05, 3.63) is 79.6 Å². The van der Waals surface area contributed by atoms with Gasteiger partial charge >= 0.3 is 6.03 Å². The third kappa shape index (κ3) is 4.95. The van der Waals surface area contributed by atoms with E-state index in [1.54, 1.807) is 49.5 Å². The maximum atomic E-state index is 13.1. The highest BCUT2D eigenvalue weighted by atomic mass is 16.2. The Labute approximate surface area is 168 Å². The van der Waals surface area contributed by atoms with Crippen molar-refractivity contribution in [2.45, 2.75) is 0 Å². The zero-order chi connectivity index (χ0) is 20.6. The van der Waals surface area contributed by atoms with Gasteiger partial charge in [-0.1, -0.05) is 30.8 Å². The molecule has 0 aliphatic heterocycles. The van der Waals surface area contributed by atoms with Gasteiger partial charge in [0.25, 0.3) is 0 Å². The van der Waals surface area contributed by atoms with Gasteiger partial charge < -0.3 is 16.0 Å². The SMILES string of the molecule is C=CC(=O)Nc1cccc(N(C(=O)Nc2ccccc2)c2cc(NC)ncn2)c1. The minimum absolute atomic E-state index is 0.345. The summed E-state index contributed by atoms with van der Waals surface area (Å²) in [5.41, 5.74) is 1.68. The normalized spacial score (nSPS) is 9.97. The number of hydrogen-bond donors (Lipinski definition) is 3. The number of hydrogen-bond acceptors (Lipinski definition) is 5. The van der Waals surface area contributed by atoms with E-state index in [2.05, 4.69) is 32.5 Å². The molecule has 0 bridgehead atoms. The zero-order valence-corrected chi connectivity index (χ0v) is 15.8. The third-order valence-electron chi connectivity index (χ3n) is 3.92. The monoisotopic (exact) mass is 388 g/mol. The molecule has 3 amide bonds. The summed E-state index contributed by atoms with van der Waals surface area (Å²) in [6.45, 7) is 3.45. The van der Waals surface area contributed by atoms with Crippen LogP contribution in [0.15, 0.2) is 79.6 Å². The summed E-state index contributed by atoms with van der Waals surface area (Å²) >= 11 is 0. The third-order valence-corrected chi connectivity index (χ3v) is 3.92. The van der Waals surface area contributed by atoms with Crippen LogP contribution in [-0.4, -0.2) is 29.0 Å². The summed E-state index contributed by atoms with van der Waals surface area (Å²) < 4.78 is 0. The molecule has 8 heteroatoms. The van der Waals surface area contributed by atoms with Crippen LogP contribution in [0.4, 0.5) is 33.5 Å². The van der Waals surface area contributed by atoms with Crippen LogP contribution in [0.25, 0.3) is 0 Å².